The molecule has 0 radical (unpaired) electrons. The molecule has 3 aromatic rings. The Kier molecular flexibility index (Phi) is 7.57. The molecule has 2 heterocycles. The van der Waals surface area contributed by atoms with Gasteiger partial charge in [0, 0.05) is 37.8 Å². The number of aromatic nitrogens is 3. The molecule has 0 amide bonds. The van der Waals surface area contributed by atoms with Crippen molar-refractivity contribution in [2.45, 2.75) is 44.9 Å². The first kappa shape index (κ1) is 22.8. The number of benzene rings is 2. The first-order valence-corrected chi connectivity index (χ1v) is 11.5. The van der Waals surface area contributed by atoms with E-state index in [1.54, 1.807) is 14.2 Å². The van der Waals surface area contributed by atoms with Gasteiger partial charge in [-0.2, -0.15) is 5.10 Å². The molecule has 2 unspecified atom stereocenters. The van der Waals surface area contributed by atoms with Crippen LogP contribution >= 0.6 is 0 Å². The van der Waals surface area contributed by atoms with Gasteiger partial charge in [-0.3, -0.25) is 15.0 Å². The average molecular weight is 448 g/mol. The first-order chi connectivity index (χ1) is 16.1. The van der Waals surface area contributed by atoms with Crippen molar-refractivity contribution in [3.8, 4) is 17.1 Å². The van der Waals surface area contributed by atoms with Crippen molar-refractivity contribution in [1.82, 2.24) is 30.7 Å². The summed E-state index contributed by atoms with van der Waals surface area (Å²) in [6.45, 7) is 4.90. The van der Waals surface area contributed by atoms with E-state index < -0.39 is 0 Å². The van der Waals surface area contributed by atoms with Crippen LogP contribution in [0.1, 0.15) is 31.2 Å². The number of ether oxygens (including phenoxy) is 1. The van der Waals surface area contributed by atoms with E-state index in [1.807, 2.05) is 24.3 Å². The predicted octanol–water partition coefficient (Wildman–Crippen LogP) is 3.20. The molecule has 4 rings (SSSR count). The quantitative estimate of drug-likeness (QED) is 0.381. The summed E-state index contributed by atoms with van der Waals surface area (Å²) in [5, 5.41) is 14.3. The number of aliphatic imine (C=N–C) groups is 1. The molecule has 0 bridgehead atoms. The number of nitrogens with zero attached hydrogens (tertiary/aromatic N) is 4. The van der Waals surface area contributed by atoms with Gasteiger partial charge in [0.25, 0.3) is 0 Å². The van der Waals surface area contributed by atoms with Gasteiger partial charge in [0.1, 0.15) is 11.6 Å². The van der Waals surface area contributed by atoms with E-state index >= 15 is 0 Å². The Bertz CT molecular complexity index is 1030. The molecule has 1 saturated heterocycles. The fourth-order valence-corrected chi connectivity index (χ4v) is 4.20. The van der Waals surface area contributed by atoms with Crippen molar-refractivity contribution in [1.29, 1.82) is 0 Å². The molecular weight excluding hydrogens is 414 g/mol. The van der Waals surface area contributed by atoms with Crippen LogP contribution in [0.2, 0.25) is 0 Å². The number of piperidine rings is 1. The second kappa shape index (κ2) is 11.0. The second-order valence-electron chi connectivity index (χ2n) is 8.43. The summed E-state index contributed by atoms with van der Waals surface area (Å²) < 4.78 is 5.21. The number of nitrogens with one attached hydrogen (secondary N) is 3. The Balaban J connectivity index is 1.26. The standard InChI is InChI=1S/C25H33N7O/c1-18-15-21(13-14-32(18)17-19-7-5-4-6-8-19)28-25(26-2)27-16-23-29-24(31-30-23)20-9-11-22(33-3)12-10-20/h4-12,18,21H,13-17H2,1-3H3,(H2,26,27,28)(H,29,30,31). The van der Waals surface area contributed by atoms with Crippen molar-refractivity contribution in [2.75, 3.05) is 20.7 Å². The minimum Gasteiger partial charge on any atom is -0.497 e. The topological polar surface area (TPSA) is 90.5 Å². The lowest BCUT2D eigenvalue weighted by atomic mass is 9.97. The second-order valence-corrected chi connectivity index (χ2v) is 8.43. The number of guanidine groups is 1. The molecule has 8 heteroatoms. The highest BCUT2D eigenvalue weighted by Gasteiger charge is 2.26. The van der Waals surface area contributed by atoms with Crippen LogP contribution in [0.5, 0.6) is 5.75 Å². The Morgan fingerprint density at radius 3 is 2.67 bits per heavy atom. The molecule has 0 aliphatic carbocycles. The average Bonchev–Trinajstić information content (AvgIpc) is 3.33. The van der Waals surface area contributed by atoms with Gasteiger partial charge >= 0.3 is 0 Å². The van der Waals surface area contributed by atoms with Gasteiger partial charge in [-0.1, -0.05) is 30.3 Å². The molecule has 2 atom stereocenters. The van der Waals surface area contributed by atoms with Crippen LogP contribution in [0.15, 0.2) is 59.6 Å². The minimum absolute atomic E-state index is 0.391. The highest BCUT2D eigenvalue weighted by molar-refractivity contribution is 5.79. The van der Waals surface area contributed by atoms with Crippen LogP contribution in [0.4, 0.5) is 0 Å². The van der Waals surface area contributed by atoms with E-state index in [0.29, 0.717) is 24.5 Å². The Labute approximate surface area is 195 Å². The first-order valence-electron chi connectivity index (χ1n) is 11.5. The highest BCUT2D eigenvalue weighted by Crippen LogP contribution is 2.20. The zero-order valence-corrected chi connectivity index (χ0v) is 19.6. The number of hydrogen-bond acceptors (Lipinski definition) is 5. The van der Waals surface area contributed by atoms with E-state index in [9.17, 15) is 0 Å². The zero-order valence-electron chi connectivity index (χ0n) is 19.6. The third kappa shape index (κ3) is 6.10. The summed E-state index contributed by atoms with van der Waals surface area (Å²) in [7, 11) is 3.45. The molecule has 33 heavy (non-hydrogen) atoms. The lowest BCUT2D eigenvalue weighted by Crippen LogP contribution is -2.51. The number of likely N-dealkylation sites (tertiary alicyclic amines) is 1. The maximum atomic E-state index is 5.21. The Morgan fingerprint density at radius 1 is 1.18 bits per heavy atom. The zero-order chi connectivity index (χ0) is 23.0. The maximum Gasteiger partial charge on any atom is 0.191 e. The molecule has 1 aliphatic heterocycles. The monoisotopic (exact) mass is 447 g/mol. The third-order valence-electron chi connectivity index (χ3n) is 6.11. The van der Waals surface area contributed by atoms with E-state index in [0.717, 1.165) is 49.0 Å². The van der Waals surface area contributed by atoms with Crippen molar-refractivity contribution in [2.24, 2.45) is 4.99 Å². The van der Waals surface area contributed by atoms with Crippen LogP contribution in [0, 0.1) is 0 Å². The fraction of sp³-hybridized carbons (Fsp3) is 0.400. The molecule has 1 fully saturated rings. The van der Waals surface area contributed by atoms with Crippen molar-refractivity contribution in [3.63, 3.8) is 0 Å². The summed E-state index contributed by atoms with van der Waals surface area (Å²) in [5.41, 5.74) is 2.31. The van der Waals surface area contributed by atoms with Crippen molar-refractivity contribution in [3.05, 3.63) is 66.0 Å². The van der Waals surface area contributed by atoms with Crippen LogP contribution in [0.25, 0.3) is 11.4 Å². The van der Waals surface area contributed by atoms with E-state index in [2.05, 4.69) is 73.0 Å². The number of hydrogen-bond donors (Lipinski definition) is 3. The number of methoxy groups -OCH3 is 1. The van der Waals surface area contributed by atoms with Crippen molar-refractivity contribution >= 4 is 5.96 Å². The largest absolute Gasteiger partial charge is 0.497 e. The molecule has 1 aliphatic rings. The van der Waals surface area contributed by atoms with Crippen molar-refractivity contribution < 1.29 is 4.74 Å². The molecule has 1 aromatic heterocycles. The number of rotatable bonds is 7. The van der Waals surface area contributed by atoms with E-state index in [-0.39, 0.29) is 0 Å². The minimum atomic E-state index is 0.391. The van der Waals surface area contributed by atoms with Gasteiger partial charge in [-0.25, -0.2) is 4.98 Å². The summed E-state index contributed by atoms with van der Waals surface area (Å²) in [5.74, 6) is 3.02. The van der Waals surface area contributed by atoms with Gasteiger partial charge in [0.05, 0.1) is 13.7 Å². The SMILES string of the molecule is CN=C(NCc1nc(-c2ccc(OC)cc2)n[nH]1)NC1CCN(Cc2ccccc2)C(C)C1. The van der Waals surface area contributed by atoms with Crippen LogP contribution < -0.4 is 15.4 Å². The highest BCUT2D eigenvalue weighted by atomic mass is 16.5. The molecular formula is C25H33N7O. The molecule has 8 nitrogen and oxygen atoms in total. The van der Waals surface area contributed by atoms with Gasteiger partial charge in [0.2, 0.25) is 0 Å². The van der Waals surface area contributed by atoms with Crippen LogP contribution in [0.3, 0.4) is 0 Å². The van der Waals surface area contributed by atoms with Gasteiger partial charge in [-0.15, -0.1) is 0 Å². The summed E-state index contributed by atoms with van der Waals surface area (Å²) in [4.78, 5) is 11.5. The lowest BCUT2D eigenvalue weighted by Gasteiger charge is -2.38. The summed E-state index contributed by atoms with van der Waals surface area (Å²) in [6.07, 6.45) is 2.17. The molecule has 174 valence electrons. The van der Waals surface area contributed by atoms with Crippen LogP contribution in [-0.2, 0) is 13.1 Å². The van der Waals surface area contributed by atoms with E-state index in [4.69, 9.17) is 4.74 Å². The summed E-state index contributed by atoms with van der Waals surface area (Å²) >= 11 is 0. The number of H-pyrrole nitrogens is 1. The Morgan fingerprint density at radius 2 is 1.97 bits per heavy atom. The van der Waals surface area contributed by atoms with Gasteiger partial charge in [0.15, 0.2) is 11.8 Å². The molecule has 2 aromatic carbocycles. The number of aromatic amines is 1. The molecule has 3 N–H and O–H groups in total. The normalized spacial score (nSPS) is 19.3. The third-order valence-corrected chi connectivity index (χ3v) is 6.11. The Hall–Kier alpha value is -3.39. The lowest BCUT2D eigenvalue weighted by molar-refractivity contribution is 0.134. The fourth-order valence-electron chi connectivity index (χ4n) is 4.20. The smallest absolute Gasteiger partial charge is 0.191 e. The van der Waals surface area contributed by atoms with E-state index in [1.165, 1.54) is 5.56 Å². The van der Waals surface area contributed by atoms with Gasteiger partial charge < -0.3 is 15.4 Å². The predicted molar refractivity (Wildman–Crippen MR) is 131 cm³/mol. The summed E-state index contributed by atoms with van der Waals surface area (Å²) in [6, 6.07) is 19.3. The molecule has 0 saturated carbocycles. The maximum absolute atomic E-state index is 5.21. The van der Waals surface area contributed by atoms with Gasteiger partial charge in [-0.05, 0) is 49.6 Å². The van der Waals surface area contributed by atoms with Crippen LogP contribution in [-0.4, -0.2) is 58.8 Å². The molecule has 0 spiro atoms.